The van der Waals surface area contributed by atoms with Crippen molar-refractivity contribution in [3.8, 4) is 11.1 Å². The number of ketones is 1. The average Bonchev–Trinajstić information content (AvgIpc) is 2.46. The standard InChI is InChI=1S/C16H12O3/c1-11(19)14-8-4-6-13(10-18)16(14)15-7-3-2-5-12(15)9-17/h2-10H,1H3. The molecule has 94 valence electrons. The van der Waals surface area contributed by atoms with Gasteiger partial charge in [-0.3, -0.25) is 14.4 Å². The maximum Gasteiger partial charge on any atom is 0.160 e. The Labute approximate surface area is 110 Å². The van der Waals surface area contributed by atoms with Crippen LogP contribution in [-0.2, 0) is 0 Å². The number of hydrogen-bond donors (Lipinski definition) is 0. The zero-order chi connectivity index (χ0) is 13.8. The minimum Gasteiger partial charge on any atom is -0.298 e. The first kappa shape index (κ1) is 12.9. The topological polar surface area (TPSA) is 51.2 Å². The Balaban J connectivity index is 2.83. The summed E-state index contributed by atoms with van der Waals surface area (Å²) in [7, 11) is 0. The lowest BCUT2D eigenvalue weighted by molar-refractivity contribution is 0.101. The van der Waals surface area contributed by atoms with Crippen molar-refractivity contribution in [2.45, 2.75) is 6.92 Å². The zero-order valence-corrected chi connectivity index (χ0v) is 10.4. The van der Waals surface area contributed by atoms with Crippen molar-refractivity contribution in [1.82, 2.24) is 0 Å². The van der Waals surface area contributed by atoms with Gasteiger partial charge < -0.3 is 0 Å². The fourth-order valence-corrected chi connectivity index (χ4v) is 2.09. The van der Waals surface area contributed by atoms with E-state index in [0.29, 0.717) is 34.1 Å². The molecule has 0 saturated carbocycles. The molecule has 0 N–H and O–H groups in total. The summed E-state index contributed by atoms with van der Waals surface area (Å²) in [5.41, 5.74) is 2.43. The van der Waals surface area contributed by atoms with Crippen LogP contribution in [0.3, 0.4) is 0 Å². The van der Waals surface area contributed by atoms with Gasteiger partial charge in [0.15, 0.2) is 18.4 Å². The Bertz CT molecular complexity index is 657. The quantitative estimate of drug-likeness (QED) is 0.620. The molecule has 19 heavy (non-hydrogen) atoms. The molecule has 0 aromatic heterocycles. The second kappa shape index (κ2) is 5.40. The molecule has 0 spiro atoms. The van der Waals surface area contributed by atoms with E-state index in [-0.39, 0.29) is 5.78 Å². The molecular formula is C16H12O3. The molecule has 3 nitrogen and oxygen atoms in total. The van der Waals surface area contributed by atoms with Gasteiger partial charge in [-0.05, 0) is 12.5 Å². The van der Waals surface area contributed by atoms with E-state index in [9.17, 15) is 14.4 Å². The van der Waals surface area contributed by atoms with E-state index in [1.165, 1.54) is 6.92 Å². The molecule has 0 saturated heterocycles. The summed E-state index contributed by atoms with van der Waals surface area (Å²) in [6, 6.07) is 11.9. The molecule has 0 atom stereocenters. The van der Waals surface area contributed by atoms with Gasteiger partial charge in [0.05, 0.1) is 0 Å². The second-order valence-electron chi connectivity index (χ2n) is 4.15. The Morgan fingerprint density at radius 1 is 0.895 bits per heavy atom. The maximum absolute atomic E-state index is 11.7. The van der Waals surface area contributed by atoms with E-state index in [4.69, 9.17) is 0 Å². The van der Waals surface area contributed by atoms with Gasteiger partial charge in [-0.25, -0.2) is 0 Å². The van der Waals surface area contributed by atoms with Crippen LogP contribution in [0, 0.1) is 0 Å². The summed E-state index contributed by atoms with van der Waals surface area (Å²) >= 11 is 0. The van der Waals surface area contributed by atoms with E-state index in [1.54, 1.807) is 42.5 Å². The van der Waals surface area contributed by atoms with Crippen molar-refractivity contribution in [1.29, 1.82) is 0 Å². The van der Waals surface area contributed by atoms with Gasteiger partial charge in [0.25, 0.3) is 0 Å². The molecule has 0 bridgehead atoms. The summed E-state index contributed by atoms with van der Waals surface area (Å²) < 4.78 is 0. The Morgan fingerprint density at radius 3 is 2.16 bits per heavy atom. The van der Waals surface area contributed by atoms with Gasteiger partial charge in [-0.2, -0.15) is 0 Å². The predicted octanol–water partition coefficient (Wildman–Crippen LogP) is 3.18. The van der Waals surface area contributed by atoms with Gasteiger partial charge in [0, 0.05) is 22.3 Å². The minimum atomic E-state index is -0.139. The smallest absolute Gasteiger partial charge is 0.160 e. The van der Waals surface area contributed by atoms with E-state index < -0.39 is 0 Å². The Morgan fingerprint density at radius 2 is 1.53 bits per heavy atom. The summed E-state index contributed by atoms with van der Waals surface area (Å²) in [5, 5.41) is 0. The number of aldehydes is 2. The molecule has 0 aliphatic rings. The summed E-state index contributed by atoms with van der Waals surface area (Å²) in [4.78, 5) is 34.0. The van der Waals surface area contributed by atoms with Crippen molar-refractivity contribution in [2.75, 3.05) is 0 Å². The maximum atomic E-state index is 11.7. The molecule has 0 heterocycles. The minimum absolute atomic E-state index is 0.139. The van der Waals surface area contributed by atoms with Crippen molar-refractivity contribution in [3.05, 3.63) is 59.2 Å². The molecule has 0 amide bonds. The van der Waals surface area contributed by atoms with Crippen LogP contribution in [0.25, 0.3) is 11.1 Å². The van der Waals surface area contributed by atoms with Gasteiger partial charge >= 0.3 is 0 Å². The molecule has 3 heteroatoms. The molecule has 0 aliphatic heterocycles. The first-order valence-electron chi connectivity index (χ1n) is 5.82. The highest BCUT2D eigenvalue weighted by atomic mass is 16.1. The molecule has 2 rings (SSSR count). The van der Waals surface area contributed by atoms with E-state index in [2.05, 4.69) is 0 Å². The summed E-state index contributed by atoms with van der Waals surface area (Å²) in [6.07, 6.45) is 1.42. The highest BCUT2D eigenvalue weighted by Crippen LogP contribution is 2.29. The number of Topliss-reactive ketones (excluding diaryl/α,β-unsaturated/α-hetero) is 1. The van der Waals surface area contributed by atoms with Gasteiger partial charge in [0.2, 0.25) is 0 Å². The summed E-state index contributed by atoms with van der Waals surface area (Å²) in [5.74, 6) is -0.139. The number of rotatable bonds is 4. The molecule has 0 unspecified atom stereocenters. The second-order valence-corrected chi connectivity index (χ2v) is 4.15. The highest BCUT2D eigenvalue weighted by Gasteiger charge is 2.15. The lowest BCUT2D eigenvalue weighted by atomic mass is 9.90. The van der Waals surface area contributed by atoms with Crippen LogP contribution in [-0.4, -0.2) is 18.4 Å². The first-order chi connectivity index (χ1) is 9.19. The van der Waals surface area contributed by atoms with Gasteiger partial charge in [-0.15, -0.1) is 0 Å². The molecule has 0 fully saturated rings. The van der Waals surface area contributed by atoms with Crippen molar-refractivity contribution >= 4 is 18.4 Å². The zero-order valence-electron chi connectivity index (χ0n) is 10.4. The first-order valence-corrected chi connectivity index (χ1v) is 5.82. The van der Waals surface area contributed by atoms with Gasteiger partial charge in [-0.1, -0.05) is 42.5 Å². The monoisotopic (exact) mass is 252 g/mol. The normalized spacial score (nSPS) is 9.95. The SMILES string of the molecule is CC(=O)c1cccc(C=O)c1-c1ccccc1C=O. The fraction of sp³-hybridized carbons (Fsp3) is 0.0625. The molecule has 0 radical (unpaired) electrons. The average molecular weight is 252 g/mol. The van der Waals surface area contributed by atoms with Crippen LogP contribution in [0.15, 0.2) is 42.5 Å². The molecular weight excluding hydrogens is 240 g/mol. The Kier molecular flexibility index (Phi) is 3.66. The third-order valence-electron chi connectivity index (χ3n) is 2.96. The summed E-state index contributed by atoms with van der Waals surface area (Å²) in [6.45, 7) is 1.44. The van der Waals surface area contributed by atoms with Crippen LogP contribution in [0.1, 0.15) is 38.0 Å². The number of carbonyl (C=O) groups is 3. The van der Waals surface area contributed by atoms with Crippen LogP contribution >= 0.6 is 0 Å². The molecule has 2 aromatic carbocycles. The highest BCUT2D eigenvalue weighted by molar-refractivity contribution is 6.07. The van der Waals surface area contributed by atoms with E-state index in [1.807, 2.05) is 0 Å². The van der Waals surface area contributed by atoms with Crippen molar-refractivity contribution in [2.24, 2.45) is 0 Å². The largest absolute Gasteiger partial charge is 0.298 e. The van der Waals surface area contributed by atoms with E-state index >= 15 is 0 Å². The lowest BCUT2D eigenvalue weighted by Crippen LogP contribution is -2.01. The van der Waals surface area contributed by atoms with Crippen molar-refractivity contribution in [3.63, 3.8) is 0 Å². The molecule has 2 aromatic rings. The predicted molar refractivity (Wildman–Crippen MR) is 72.7 cm³/mol. The van der Waals surface area contributed by atoms with Gasteiger partial charge in [0.1, 0.15) is 0 Å². The number of hydrogen-bond acceptors (Lipinski definition) is 3. The third kappa shape index (κ3) is 2.36. The van der Waals surface area contributed by atoms with Crippen molar-refractivity contribution < 1.29 is 14.4 Å². The van der Waals surface area contributed by atoms with Crippen LogP contribution < -0.4 is 0 Å². The van der Waals surface area contributed by atoms with Crippen LogP contribution in [0.5, 0.6) is 0 Å². The van der Waals surface area contributed by atoms with Crippen LogP contribution in [0.4, 0.5) is 0 Å². The lowest BCUT2D eigenvalue weighted by Gasteiger charge is -2.11. The number of benzene rings is 2. The Hall–Kier alpha value is -2.55. The van der Waals surface area contributed by atoms with Crippen LogP contribution in [0.2, 0.25) is 0 Å². The third-order valence-corrected chi connectivity index (χ3v) is 2.96. The number of carbonyl (C=O) groups excluding carboxylic acids is 3. The van der Waals surface area contributed by atoms with E-state index in [0.717, 1.165) is 6.29 Å². The molecule has 0 aliphatic carbocycles. The fourth-order valence-electron chi connectivity index (χ4n) is 2.09.